The lowest BCUT2D eigenvalue weighted by Crippen LogP contribution is -2.42. The molecule has 1 fully saturated rings. The van der Waals surface area contributed by atoms with Gasteiger partial charge in [-0.15, -0.1) is 0 Å². The molecule has 0 atom stereocenters. The van der Waals surface area contributed by atoms with Crippen molar-refractivity contribution < 1.29 is 43.3 Å². The van der Waals surface area contributed by atoms with Crippen molar-refractivity contribution in [2.45, 2.75) is 19.8 Å². The zero-order valence-corrected chi connectivity index (χ0v) is 26.5. The summed E-state index contributed by atoms with van der Waals surface area (Å²) in [5.41, 5.74) is 2.54. The number of anilines is 2. The van der Waals surface area contributed by atoms with Gasteiger partial charge in [-0.1, -0.05) is 0 Å². The van der Waals surface area contributed by atoms with Crippen LogP contribution in [-0.2, 0) is 14.4 Å². The molecule has 1 aliphatic rings. The number of ketones is 1. The Morgan fingerprint density at radius 1 is 0.830 bits per heavy atom. The molecule has 1 heterocycles. The molecule has 3 aromatic carbocycles. The molecular formula is C35H38FN3O8. The van der Waals surface area contributed by atoms with Crippen molar-refractivity contribution in [1.82, 2.24) is 4.90 Å². The van der Waals surface area contributed by atoms with Gasteiger partial charge in [0.15, 0.2) is 5.78 Å². The molecule has 0 aliphatic carbocycles. The van der Waals surface area contributed by atoms with Crippen molar-refractivity contribution in [2.75, 3.05) is 50.1 Å². The van der Waals surface area contributed by atoms with Crippen LogP contribution in [0.4, 0.5) is 15.8 Å². The molecule has 0 radical (unpaired) electrons. The van der Waals surface area contributed by atoms with Crippen molar-refractivity contribution in [1.29, 1.82) is 0 Å². The number of hydrogen-bond acceptors (Lipinski definition) is 7. The summed E-state index contributed by atoms with van der Waals surface area (Å²) in [6, 6.07) is 20.1. The van der Waals surface area contributed by atoms with Gasteiger partial charge in [0.2, 0.25) is 5.91 Å². The van der Waals surface area contributed by atoms with Crippen LogP contribution < -0.4 is 14.5 Å². The maximum atomic E-state index is 13.6. The number of benzene rings is 3. The third-order valence-electron chi connectivity index (χ3n) is 7.70. The van der Waals surface area contributed by atoms with Gasteiger partial charge in [-0.25, -0.2) is 14.0 Å². The summed E-state index contributed by atoms with van der Waals surface area (Å²) >= 11 is 0. The maximum absolute atomic E-state index is 13.6. The normalized spacial score (nSPS) is 13.3. The van der Waals surface area contributed by atoms with E-state index in [1.165, 1.54) is 24.0 Å². The fourth-order valence-corrected chi connectivity index (χ4v) is 4.93. The summed E-state index contributed by atoms with van der Waals surface area (Å²) < 4.78 is 18.5. The van der Waals surface area contributed by atoms with Crippen LogP contribution in [0.2, 0.25) is 0 Å². The first kappa shape index (κ1) is 36.1. The monoisotopic (exact) mass is 647 g/mol. The number of nitrogens with zero attached hydrogens (tertiary/aromatic N) is 3. The molecule has 0 aromatic heterocycles. The van der Waals surface area contributed by atoms with Crippen LogP contribution in [0.3, 0.4) is 0 Å². The Morgan fingerprint density at radius 3 is 1.83 bits per heavy atom. The van der Waals surface area contributed by atoms with Gasteiger partial charge in [-0.05, 0) is 98.7 Å². The number of carboxylic acids is 2. The summed E-state index contributed by atoms with van der Waals surface area (Å²) in [5.74, 6) is -2.41. The smallest absolute Gasteiger partial charge is 0.328 e. The van der Waals surface area contributed by atoms with Crippen molar-refractivity contribution in [3.63, 3.8) is 0 Å². The van der Waals surface area contributed by atoms with Gasteiger partial charge in [-0.2, -0.15) is 0 Å². The van der Waals surface area contributed by atoms with Crippen LogP contribution in [0, 0.1) is 11.7 Å². The van der Waals surface area contributed by atoms with E-state index in [4.69, 9.17) is 14.9 Å². The Morgan fingerprint density at radius 2 is 1.34 bits per heavy atom. The Labute approximate surface area is 272 Å². The summed E-state index contributed by atoms with van der Waals surface area (Å²) in [4.78, 5) is 62.8. The number of amides is 2. The minimum atomic E-state index is -1.26. The van der Waals surface area contributed by atoms with E-state index in [9.17, 15) is 28.4 Å². The first-order valence-electron chi connectivity index (χ1n) is 14.9. The van der Waals surface area contributed by atoms with E-state index in [0.717, 1.165) is 31.6 Å². The van der Waals surface area contributed by atoms with Gasteiger partial charge >= 0.3 is 11.9 Å². The lowest BCUT2D eigenvalue weighted by atomic mass is 9.89. The standard InChI is InChI=1S/C31H34FN3O4.C4H4O4/c1-22(36)33(2)27-10-6-25(7-11-27)31(38)35(28-12-14-29(39-3)15-13-28)21-20-34-18-16-24(17-19-34)30(37)23-4-8-26(32)9-5-23;5-3(6)1-2-4(7)8/h4-15,24H,16-21H2,1-3H3;1-2H,(H,5,6)(H,7,8). The second kappa shape index (κ2) is 17.4. The highest BCUT2D eigenvalue weighted by atomic mass is 19.1. The summed E-state index contributed by atoms with van der Waals surface area (Å²) in [6.07, 6.45) is 2.56. The molecule has 2 amide bonds. The summed E-state index contributed by atoms with van der Waals surface area (Å²) in [6.45, 7) is 4.10. The number of likely N-dealkylation sites (tertiary alicyclic amines) is 1. The predicted octanol–water partition coefficient (Wildman–Crippen LogP) is 4.77. The molecule has 0 saturated carbocycles. The second-order valence-electron chi connectivity index (χ2n) is 10.8. The number of Topliss-reactive ketones (excluding diaryl/α,β-unsaturated/α-hetero) is 1. The second-order valence-corrected chi connectivity index (χ2v) is 10.8. The minimum absolute atomic E-state index is 0.0588. The van der Waals surface area contributed by atoms with Crippen LogP contribution in [-0.4, -0.2) is 85.0 Å². The number of aliphatic carboxylic acids is 2. The molecule has 47 heavy (non-hydrogen) atoms. The third kappa shape index (κ3) is 10.9. The van der Waals surface area contributed by atoms with Gasteiger partial charge in [-0.3, -0.25) is 14.4 Å². The fraction of sp³-hybridized carbons (Fsp3) is 0.286. The highest BCUT2D eigenvalue weighted by Crippen LogP contribution is 2.25. The largest absolute Gasteiger partial charge is 0.497 e. The molecule has 1 aliphatic heterocycles. The van der Waals surface area contributed by atoms with Crippen molar-refractivity contribution >= 4 is 40.9 Å². The number of piperidine rings is 1. The Balaban J connectivity index is 0.000000665. The molecule has 248 valence electrons. The third-order valence-corrected chi connectivity index (χ3v) is 7.70. The molecule has 12 heteroatoms. The number of carboxylic acid groups (broad SMARTS) is 2. The maximum Gasteiger partial charge on any atom is 0.328 e. The SMILES string of the molecule is COc1ccc(N(CCN2CCC(C(=O)c3ccc(F)cc3)CC2)C(=O)c2ccc(N(C)C(C)=O)cc2)cc1.O=C(O)C=CC(=O)O. The molecule has 1 saturated heterocycles. The van der Waals surface area contributed by atoms with Crippen LogP contribution in [0.15, 0.2) is 84.9 Å². The number of hydrogen-bond donors (Lipinski definition) is 2. The topological polar surface area (TPSA) is 145 Å². The Kier molecular flexibility index (Phi) is 13.3. The predicted molar refractivity (Wildman–Crippen MR) is 175 cm³/mol. The molecule has 4 rings (SSSR count). The number of halogens is 1. The van der Waals surface area contributed by atoms with E-state index in [-0.39, 0.29) is 29.3 Å². The molecular weight excluding hydrogens is 609 g/mol. The van der Waals surface area contributed by atoms with Gasteiger partial charge in [0.25, 0.3) is 5.91 Å². The number of carbonyl (C=O) groups is 5. The number of ether oxygens (including phenoxy) is 1. The van der Waals surface area contributed by atoms with E-state index in [1.54, 1.807) is 55.5 Å². The van der Waals surface area contributed by atoms with Crippen molar-refractivity contribution in [2.24, 2.45) is 5.92 Å². The minimum Gasteiger partial charge on any atom is -0.497 e. The summed E-state index contributed by atoms with van der Waals surface area (Å²) in [7, 11) is 3.29. The van der Waals surface area contributed by atoms with E-state index >= 15 is 0 Å². The highest BCUT2D eigenvalue weighted by Gasteiger charge is 2.27. The zero-order chi connectivity index (χ0) is 34.5. The molecule has 0 spiro atoms. The number of methoxy groups -OCH3 is 1. The summed E-state index contributed by atoms with van der Waals surface area (Å²) in [5, 5.41) is 15.6. The molecule has 0 bridgehead atoms. The van der Waals surface area contributed by atoms with Crippen LogP contribution in [0.25, 0.3) is 0 Å². The van der Waals surface area contributed by atoms with Crippen molar-refractivity contribution in [3.05, 3.63) is 102 Å². The Hall–Kier alpha value is -5.36. The Bertz CT molecular complexity index is 1550. The van der Waals surface area contributed by atoms with Crippen LogP contribution in [0.1, 0.15) is 40.5 Å². The molecule has 3 aromatic rings. The van der Waals surface area contributed by atoms with Gasteiger partial charge in [0, 0.05) is 67.6 Å². The lowest BCUT2D eigenvalue weighted by Gasteiger charge is -2.33. The quantitative estimate of drug-likeness (QED) is 0.222. The lowest BCUT2D eigenvalue weighted by molar-refractivity contribution is -0.134. The van der Waals surface area contributed by atoms with E-state index in [0.29, 0.717) is 47.8 Å². The van der Waals surface area contributed by atoms with Crippen LogP contribution in [0.5, 0.6) is 5.75 Å². The average Bonchev–Trinajstić information content (AvgIpc) is 3.08. The molecule has 0 unspecified atom stereocenters. The van der Waals surface area contributed by atoms with Gasteiger partial charge in [0.1, 0.15) is 11.6 Å². The zero-order valence-electron chi connectivity index (χ0n) is 26.5. The molecule has 2 N–H and O–H groups in total. The van der Waals surface area contributed by atoms with E-state index < -0.39 is 11.9 Å². The van der Waals surface area contributed by atoms with E-state index in [1.807, 2.05) is 24.3 Å². The van der Waals surface area contributed by atoms with Gasteiger partial charge < -0.3 is 29.6 Å². The van der Waals surface area contributed by atoms with Crippen LogP contribution >= 0.6 is 0 Å². The van der Waals surface area contributed by atoms with E-state index in [2.05, 4.69) is 4.90 Å². The highest BCUT2D eigenvalue weighted by molar-refractivity contribution is 6.06. The first-order chi connectivity index (χ1) is 22.4. The fourth-order valence-electron chi connectivity index (χ4n) is 4.93. The number of carbonyl (C=O) groups excluding carboxylic acids is 3. The van der Waals surface area contributed by atoms with Crippen molar-refractivity contribution in [3.8, 4) is 5.75 Å². The average molecular weight is 648 g/mol. The number of rotatable bonds is 11. The first-order valence-corrected chi connectivity index (χ1v) is 14.9. The van der Waals surface area contributed by atoms with Gasteiger partial charge in [0.05, 0.1) is 7.11 Å². The molecule has 11 nitrogen and oxygen atoms in total.